The van der Waals surface area contributed by atoms with Gasteiger partial charge < -0.3 is 10.2 Å². The Morgan fingerprint density at radius 3 is 2.67 bits per heavy atom. The molecule has 1 saturated heterocycles. The van der Waals surface area contributed by atoms with Crippen molar-refractivity contribution in [3.63, 3.8) is 0 Å². The molecule has 1 unspecified atom stereocenters. The zero-order valence-corrected chi connectivity index (χ0v) is 12.2. The van der Waals surface area contributed by atoms with Crippen LogP contribution >= 0.6 is 0 Å². The molecule has 1 N–H and O–H groups in total. The quantitative estimate of drug-likeness (QED) is 0.475. The molecule has 0 saturated carbocycles. The van der Waals surface area contributed by atoms with E-state index < -0.39 is 4.92 Å². The van der Waals surface area contributed by atoms with Crippen molar-refractivity contribution < 1.29 is 9.72 Å². The minimum atomic E-state index is -0.394. The van der Waals surface area contributed by atoms with E-state index in [-0.39, 0.29) is 17.6 Å². The highest BCUT2D eigenvalue weighted by atomic mass is 16.6. The standard InChI is InChI=1S/C15H21N3O3/c1-12(13-5-7-14(8-6-13)18(20)21)16-9-3-11-17-10-2-4-15(17)19/h5-8,12,16H,2-4,9-11H2,1H3. The molecule has 1 atom stereocenters. The van der Waals surface area contributed by atoms with Crippen molar-refractivity contribution >= 4 is 11.6 Å². The molecule has 1 heterocycles. The van der Waals surface area contributed by atoms with Crippen LogP contribution in [-0.2, 0) is 4.79 Å². The fourth-order valence-electron chi connectivity index (χ4n) is 2.53. The molecule has 0 aliphatic carbocycles. The molecule has 0 bridgehead atoms. The van der Waals surface area contributed by atoms with Gasteiger partial charge in [0, 0.05) is 37.7 Å². The summed E-state index contributed by atoms with van der Waals surface area (Å²) in [4.78, 5) is 23.6. The molecule has 1 aromatic rings. The molecule has 1 fully saturated rings. The van der Waals surface area contributed by atoms with Gasteiger partial charge in [0.2, 0.25) is 5.91 Å². The van der Waals surface area contributed by atoms with Crippen LogP contribution in [0.4, 0.5) is 5.69 Å². The molecule has 114 valence electrons. The van der Waals surface area contributed by atoms with E-state index >= 15 is 0 Å². The van der Waals surface area contributed by atoms with Gasteiger partial charge in [0.05, 0.1) is 4.92 Å². The van der Waals surface area contributed by atoms with Crippen molar-refractivity contribution in [2.75, 3.05) is 19.6 Å². The first-order chi connectivity index (χ1) is 10.1. The largest absolute Gasteiger partial charge is 0.343 e. The number of nitrogens with zero attached hydrogens (tertiary/aromatic N) is 2. The highest BCUT2D eigenvalue weighted by molar-refractivity contribution is 5.77. The monoisotopic (exact) mass is 291 g/mol. The van der Waals surface area contributed by atoms with Gasteiger partial charge in [-0.15, -0.1) is 0 Å². The molecular formula is C15H21N3O3. The molecule has 0 radical (unpaired) electrons. The van der Waals surface area contributed by atoms with Gasteiger partial charge in [-0.3, -0.25) is 14.9 Å². The van der Waals surface area contributed by atoms with Crippen molar-refractivity contribution in [1.29, 1.82) is 0 Å². The van der Waals surface area contributed by atoms with Crippen LogP contribution in [0, 0.1) is 10.1 Å². The Bertz CT molecular complexity index is 501. The van der Waals surface area contributed by atoms with Crippen LogP contribution in [0.25, 0.3) is 0 Å². The third kappa shape index (κ3) is 4.26. The average Bonchev–Trinajstić information content (AvgIpc) is 2.89. The second kappa shape index (κ2) is 7.17. The lowest BCUT2D eigenvalue weighted by Crippen LogP contribution is -2.29. The number of nitrogens with one attached hydrogen (secondary N) is 1. The third-order valence-electron chi connectivity index (χ3n) is 3.83. The smallest absolute Gasteiger partial charge is 0.269 e. The van der Waals surface area contributed by atoms with Crippen LogP contribution in [0.15, 0.2) is 24.3 Å². The summed E-state index contributed by atoms with van der Waals surface area (Å²) in [5, 5.41) is 14.0. The summed E-state index contributed by atoms with van der Waals surface area (Å²) in [7, 11) is 0. The topological polar surface area (TPSA) is 75.5 Å². The lowest BCUT2D eigenvalue weighted by Gasteiger charge is -2.17. The number of hydrogen-bond donors (Lipinski definition) is 1. The van der Waals surface area contributed by atoms with Crippen molar-refractivity contribution in [1.82, 2.24) is 10.2 Å². The number of benzene rings is 1. The molecule has 21 heavy (non-hydrogen) atoms. The van der Waals surface area contributed by atoms with Gasteiger partial charge in [-0.2, -0.15) is 0 Å². The zero-order chi connectivity index (χ0) is 15.2. The van der Waals surface area contributed by atoms with E-state index in [2.05, 4.69) is 5.32 Å². The van der Waals surface area contributed by atoms with E-state index in [1.54, 1.807) is 12.1 Å². The van der Waals surface area contributed by atoms with Crippen LogP contribution in [-0.4, -0.2) is 35.4 Å². The summed E-state index contributed by atoms with van der Waals surface area (Å²) < 4.78 is 0. The van der Waals surface area contributed by atoms with Crippen LogP contribution in [0.1, 0.15) is 37.8 Å². The summed E-state index contributed by atoms with van der Waals surface area (Å²) in [6, 6.07) is 6.74. The van der Waals surface area contributed by atoms with E-state index in [0.29, 0.717) is 6.42 Å². The molecule has 2 rings (SSSR count). The maximum absolute atomic E-state index is 11.5. The first-order valence-electron chi connectivity index (χ1n) is 7.33. The Hall–Kier alpha value is -1.95. The third-order valence-corrected chi connectivity index (χ3v) is 3.83. The minimum Gasteiger partial charge on any atom is -0.343 e. The van der Waals surface area contributed by atoms with Gasteiger partial charge in [-0.25, -0.2) is 0 Å². The van der Waals surface area contributed by atoms with Crippen molar-refractivity contribution in [3.05, 3.63) is 39.9 Å². The van der Waals surface area contributed by atoms with Crippen molar-refractivity contribution in [2.45, 2.75) is 32.2 Å². The van der Waals surface area contributed by atoms with E-state index in [1.165, 1.54) is 12.1 Å². The molecule has 0 spiro atoms. The average molecular weight is 291 g/mol. The molecule has 0 aromatic heterocycles. The van der Waals surface area contributed by atoms with Crippen LogP contribution < -0.4 is 5.32 Å². The number of amides is 1. The molecule has 1 amide bonds. The Kier molecular flexibility index (Phi) is 5.27. The summed E-state index contributed by atoms with van der Waals surface area (Å²) >= 11 is 0. The summed E-state index contributed by atoms with van der Waals surface area (Å²) in [6.45, 7) is 4.54. The van der Waals surface area contributed by atoms with Crippen molar-refractivity contribution in [3.8, 4) is 0 Å². The maximum atomic E-state index is 11.5. The van der Waals surface area contributed by atoms with Crippen LogP contribution in [0.3, 0.4) is 0 Å². The number of carbonyl (C=O) groups excluding carboxylic acids is 1. The van der Waals surface area contributed by atoms with Crippen molar-refractivity contribution in [2.24, 2.45) is 0 Å². The van der Waals surface area contributed by atoms with Gasteiger partial charge >= 0.3 is 0 Å². The predicted molar refractivity (Wildman–Crippen MR) is 79.9 cm³/mol. The molecule has 1 aliphatic rings. The molecule has 6 heteroatoms. The summed E-state index contributed by atoms with van der Waals surface area (Å²) in [6.07, 6.45) is 2.58. The fraction of sp³-hybridized carbons (Fsp3) is 0.533. The minimum absolute atomic E-state index is 0.110. The number of hydrogen-bond acceptors (Lipinski definition) is 4. The highest BCUT2D eigenvalue weighted by Gasteiger charge is 2.19. The number of carbonyl (C=O) groups is 1. The first kappa shape index (κ1) is 15.4. The SMILES string of the molecule is CC(NCCCN1CCCC1=O)c1ccc([N+](=O)[O-])cc1. The second-order valence-corrected chi connectivity index (χ2v) is 5.36. The van der Waals surface area contributed by atoms with E-state index in [9.17, 15) is 14.9 Å². The zero-order valence-electron chi connectivity index (χ0n) is 12.2. The van der Waals surface area contributed by atoms with Gasteiger partial charge in [-0.05, 0) is 31.9 Å². The second-order valence-electron chi connectivity index (χ2n) is 5.36. The molecule has 1 aromatic carbocycles. The Morgan fingerprint density at radius 2 is 2.10 bits per heavy atom. The first-order valence-corrected chi connectivity index (χ1v) is 7.33. The number of nitro groups is 1. The Labute approximate surface area is 124 Å². The van der Waals surface area contributed by atoms with E-state index in [0.717, 1.165) is 38.0 Å². The number of rotatable bonds is 7. The summed E-state index contributed by atoms with van der Waals surface area (Å²) in [5.74, 6) is 0.262. The predicted octanol–water partition coefficient (Wildman–Crippen LogP) is 2.26. The van der Waals surface area contributed by atoms with Crippen LogP contribution in [0.2, 0.25) is 0 Å². The lowest BCUT2D eigenvalue weighted by atomic mass is 10.1. The van der Waals surface area contributed by atoms with Gasteiger partial charge in [0.25, 0.3) is 5.69 Å². The van der Waals surface area contributed by atoms with Gasteiger partial charge in [0.1, 0.15) is 0 Å². The number of likely N-dealkylation sites (tertiary alicyclic amines) is 1. The fourth-order valence-corrected chi connectivity index (χ4v) is 2.53. The maximum Gasteiger partial charge on any atom is 0.269 e. The van der Waals surface area contributed by atoms with Gasteiger partial charge in [0.15, 0.2) is 0 Å². The lowest BCUT2D eigenvalue weighted by molar-refractivity contribution is -0.384. The van der Waals surface area contributed by atoms with Gasteiger partial charge in [-0.1, -0.05) is 12.1 Å². The normalized spacial score (nSPS) is 16.2. The number of non-ortho nitro benzene ring substituents is 1. The van der Waals surface area contributed by atoms with E-state index in [4.69, 9.17) is 0 Å². The Balaban J connectivity index is 1.72. The van der Waals surface area contributed by atoms with Crippen LogP contribution in [0.5, 0.6) is 0 Å². The summed E-state index contributed by atoms with van der Waals surface area (Å²) in [5.41, 5.74) is 1.14. The number of nitro benzene ring substituents is 1. The highest BCUT2D eigenvalue weighted by Crippen LogP contribution is 2.17. The molecule has 1 aliphatic heterocycles. The molecule has 6 nitrogen and oxygen atoms in total. The Morgan fingerprint density at radius 1 is 1.38 bits per heavy atom. The van der Waals surface area contributed by atoms with E-state index in [1.807, 2.05) is 11.8 Å². The molecular weight excluding hydrogens is 270 g/mol.